The van der Waals surface area contributed by atoms with E-state index in [1.165, 1.54) is 6.07 Å². The standard InChI is InChI=1S/C9H6BrF2NO3/c1-4(14)5-2-3-6(10)8(13(15)16)7(5)9(11)12/h2-3,9H,1H3. The van der Waals surface area contributed by atoms with Gasteiger partial charge in [-0.25, -0.2) is 8.78 Å². The fourth-order valence-electron chi connectivity index (χ4n) is 1.29. The maximum atomic E-state index is 12.7. The molecular weight excluding hydrogens is 288 g/mol. The van der Waals surface area contributed by atoms with E-state index in [-0.39, 0.29) is 10.0 Å². The van der Waals surface area contributed by atoms with Crippen LogP contribution in [0.25, 0.3) is 0 Å². The Morgan fingerprint density at radius 3 is 2.44 bits per heavy atom. The van der Waals surface area contributed by atoms with Gasteiger partial charge < -0.3 is 0 Å². The molecule has 0 bridgehead atoms. The Morgan fingerprint density at radius 1 is 1.50 bits per heavy atom. The molecule has 0 N–H and O–H groups in total. The van der Waals surface area contributed by atoms with Crippen molar-refractivity contribution in [2.75, 3.05) is 0 Å². The summed E-state index contributed by atoms with van der Waals surface area (Å²) in [6.07, 6.45) is -3.07. The molecule has 1 rings (SSSR count). The van der Waals surface area contributed by atoms with Crippen molar-refractivity contribution in [3.8, 4) is 0 Å². The van der Waals surface area contributed by atoms with Crippen molar-refractivity contribution in [3.63, 3.8) is 0 Å². The second-order valence-corrected chi connectivity index (χ2v) is 3.83. The Morgan fingerprint density at radius 2 is 2.06 bits per heavy atom. The van der Waals surface area contributed by atoms with E-state index in [2.05, 4.69) is 15.9 Å². The molecule has 0 fully saturated rings. The van der Waals surface area contributed by atoms with Crippen molar-refractivity contribution in [2.24, 2.45) is 0 Å². The van der Waals surface area contributed by atoms with Crippen molar-refractivity contribution in [3.05, 3.63) is 37.8 Å². The number of nitrogens with zero attached hydrogens (tertiary/aromatic N) is 1. The summed E-state index contributed by atoms with van der Waals surface area (Å²) in [7, 11) is 0. The molecule has 4 nitrogen and oxygen atoms in total. The number of rotatable bonds is 3. The largest absolute Gasteiger partial charge is 0.294 e. The van der Waals surface area contributed by atoms with Crippen LogP contribution < -0.4 is 0 Å². The third-order valence-electron chi connectivity index (χ3n) is 1.95. The maximum absolute atomic E-state index is 12.7. The van der Waals surface area contributed by atoms with Crippen LogP contribution in [0.1, 0.15) is 29.3 Å². The Labute approximate surface area is 97.5 Å². The van der Waals surface area contributed by atoms with Crippen LogP contribution in [0.5, 0.6) is 0 Å². The topological polar surface area (TPSA) is 60.2 Å². The van der Waals surface area contributed by atoms with Crippen molar-refractivity contribution in [2.45, 2.75) is 13.3 Å². The minimum absolute atomic E-state index is 0.0715. The van der Waals surface area contributed by atoms with Crippen LogP contribution in [0.15, 0.2) is 16.6 Å². The normalized spacial score (nSPS) is 10.6. The molecule has 16 heavy (non-hydrogen) atoms. The van der Waals surface area contributed by atoms with Gasteiger partial charge >= 0.3 is 0 Å². The van der Waals surface area contributed by atoms with Crippen LogP contribution in [0, 0.1) is 10.1 Å². The molecule has 0 amide bonds. The first-order chi connectivity index (χ1) is 7.36. The van der Waals surface area contributed by atoms with Gasteiger partial charge in [0.2, 0.25) is 0 Å². The van der Waals surface area contributed by atoms with Crippen molar-refractivity contribution >= 4 is 27.4 Å². The van der Waals surface area contributed by atoms with Crippen LogP contribution in [-0.4, -0.2) is 10.7 Å². The van der Waals surface area contributed by atoms with E-state index in [0.29, 0.717) is 0 Å². The number of carbonyl (C=O) groups is 1. The average Bonchev–Trinajstić information content (AvgIpc) is 2.15. The van der Waals surface area contributed by atoms with Gasteiger partial charge in [0.15, 0.2) is 5.78 Å². The van der Waals surface area contributed by atoms with E-state index in [0.717, 1.165) is 13.0 Å². The minimum Gasteiger partial charge on any atom is -0.294 e. The number of nitro benzene ring substituents is 1. The lowest BCUT2D eigenvalue weighted by atomic mass is 10.0. The van der Waals surface area contributed by atoms with E-state index in [9.17, 15) is 23.7 Å². The van der Waals surface area contributed by atoms with Crippen LogP contribution >= 0.6 is 15.9 Å². The number of ketones is 1. The molecule has 0 aliphatic carbocycles. The van der Waals surface area contributed by atoms with Crippen molar-refractivity contribution in [1.29, 1.82) is 0 Å². The Bertz CT molecular complexity index is 462. The van der Waals surface area contributed by atoms with Crippen molar-refractivity contribution in [1.82, 2.24) is 0 Å². The second-order valence-electron chi connectivity index (χ2n) is 2.97. The number of halogens is 3. The van der Waals surface area contributed by atoms with Crippen LogP contribution in [-0.2, 0) is 0 Å². The lowest BCUT2D eigenvalue weighted by molar-refractivity contribution is -0.387. The molecule has 0 saturated carbocycles. The fraction of sp³-hybridized carbons (Fsp3) is 0.222. The number of nitro groups is 1. The highest BCUT2D eigenvalue weighted by atomic mass is 79.9. The Balaban J connectivity index is 3.63. The predicted molar refractivity (Wildman–Crippen MR) is 55.8 cm³/mol. The second kappa shape index (κ2) is 4.65. The summed E-state index contributed by atoms with van der Waals surface area (Å²) in [4.78, 5) is 20.8. The van der Waals surface area contributed by atoms with Gasteiger partial charge in [0.25, 0.3) is 12.1 Å². The van der Waals surface area contributed by atoms with Gasteiger partial charge in [0.05, 0.1) is 9.40 Å². The first-order valence-corrected chi connectivity index (χ1v) is 4.91. The third kappa shape index (κ3) is 2.24. The molecule has 0 saturated heterocycles. The Hall–Kier alpha value is -1.37. The monoisotopic (exact) mass is 293 g/mol. The van der Waals surface area contributed by atoms with Crippen molar-refractivity contribution < 1.29 is 18.5 Å². The molecule has 0 spiro atoms. The number of carbonyl (C=O) groups excluding carboxylic acids is 1. The summed E-state index contributed by atoms with van der Waals surface area (Å²) in [6.45, 7) is 1.08. The fourth-order valence-corrected chi connectivity index (χ4v) is 1.79. The quantitative estimate of drug-likeness (QED) is 0.487. The minimum atomic E-state index is -3.07. The number of benzene rings is 1. The van der Waals surface area contributed by atoms with Crippen LogP contribution in [0.2, 0.25) is 0 Å². The molecule has 1 aromatic rings. The zero-order chi connectivity index (χ0) is 12.5. The first-order valence-electron chi connectivity index (χ1n) is 4.12. The summed E-state index contributed by atoms with van der Waals surface area (Å²) in [5.41, 5.74) is -1.93. The van der Waals surface area contributed by atoms with E-state index >= 15 is 0 Å². The molecule has 0 aliphatic rings. The molecule has 0 aromatic heterocycles. The summed E-state index contributed by atoms with van der Waals surface area (Å²) in [6, 6.07) is 2.35. The SMILES string of the molecule is CC(=O)c1ccc(Br)c([N+](=O)[O-])c1C(F)F. The number of Topliss-reactive ketones (excluding diaryl/α,β-unsaturated/α-hetero) is 1. The number of hydrogen-bond acceptors (Lipinski definition) is 3. The maximum Gasteiger partial charge on any atom is 0.293 e. The van der Waals surface area contributed by atoms with E-state index in [4.69, 9.17) is 0 Å². The van der Waals surface area contributed by atoms with E-state index in [1.807, 2.05) is 0 Å². The lowest BCUT2D eigenvalue weighted by Crippen LogP contribution is -2.05. The molecular formula is C9H6BrF2NO3. The molecule has 7 heteroatoms. The lowest BCUT2D eigenvalue weighted by Gasteiger charge is -2.07. The predicted octanol–water partition coefficient (Wildman–Crippen LogP) is 3.50. The number of alkyl halides is 2. The highest BCUT2D eigenvalue weighted by Gasteiger charge is 2.29. The summed E-state index contributed by atoms with van der Waals surface area (Å²) in [5, 5.41) is 10.7. The van der Waals surface area contributed by atoms with Gasteiger partial charge in [0, 0.05) is 5.56 Å². The summed E-state index contributed by atoms with van der Waals surface area (Å²) < 4.78 is 25.4. The van der Waals surface area contributed by atoms with Crippen LogP contribution in [0.3, 0.4) is 0 Å². The molecule has 86 valence electrons. The number of hydrogen-bond donors (Lipinski definition) is 0. The third-order valence-corrected chi connectivity index (χ3v) is 2.59. The smallest absolute Gasteiger partial charge is 0.293 e. The van der Waals surface area contributed by atoms with Gasteiger partial charge in [-0.15, -0.1) is 0 Å². The first kappa shape index (κ1) is 12.7. The average molecular weight is 294 g/mol. The van der Waals surface area contributed by atoms with Gasteiger partial charge in [-0.3, -0.25) is 14.9 Å². The zero-order valence-corrected chi connectivity index (χ0v) is 9.62. The van der Waals surface area contributed by atoms with E-state index < -0.39 is 28.4 Å². The van der Waals surface area contributed by atoms with Gasteiger partial charge in [-0.2, -0.15) is 0 Å². The summed E-state index contributed by atoms with van der Waals surface area (Å²) in [5.74, 6) is -0.633. The van der Waals surface area contributed by atoms with Gasteiger partial charge in [-0.05, 0) is 35.0 Å². The molecule has 0 radical (unpaired) electrons. The highest BCUT2D eigenvalue weighted by molar-refractivity contribution is 9.10. The molecule has 0 atom stereocenters. The Kier molecular flexibility index (Phi) is 3.69. The van der Waals surface area contributed by atoms with Crippen LogP contribution in [0.4, 0.5) is 14.5 Å². The van der Waals surface area contributed by atoms with E-state index in [1.54, 1.807) is 0 Å². The molecule has 0 unspecified atom stereocenters. The summed E-state index contributed by atoms with van der Waals surface area (Å²) >= 11 is 2.81. The molecule has 1 aromatic carbocycles. The molecule has 0 heterocycles. The van der Waals surface area contributed by atoms with Gasteiger partial charge in [-0.1, -0.05) is 0 Å². The van der Waals surface area contributed by atoms with Gasteiger partial charge in [0.1, 0.15) is 5.56 Å². The molecule has 0 aliphatic heterocycles. The zero-order valence-electron chi connectivity index (χ0n) is 8.04. The highest BCUT2D eigenvalue weighted by Crippen LogP contribution is 2.37.